The van der Waals surface area contributed by atoms with Gasteiger partial charge >= 0.3 is 5.97 Å². The fourth-order valence-electron chi connectivity index (χ4n) is 8.73. The SMILES string of the molecule is COC(=O)[C@@H](NC(=O)CO/N=C1/C=C2CC[C@H]3[C@@H]4CC[C@H](C(C)=O)[C@@]4(C)CC[C@@H]3[C@@]2(C)CC1)c1ccccc1. The molecule has 0 unspecified atom stereocenters. The van der Waals surface area contributed by atoms with E-state index in [-0.39, 0.29) is 23.4 Å². The molecule has 7 nitrogen and oxygen atoms in total. The van der Waals surface area contributed by atoms with Gasteiger partial charge in [-0.1, -0.05) is 54.9 Å². The number of fused-ring (bicyclic) bond motifs is 5. The minimum atomic E-state index is -0.893. The number of nitrogens with one attached hydrogen (secondary N) is 1. The van der Waals surface area contributed by atoms with E-state index in [1.807, 2.05) is 6.07 Å². The van der Waals surface area contributed by atoms with Gasteiger partial charge in [-0.15, -0.1) is 0 Å². The van der Waals surface area contributed by atoms with Crippen LogP contribution in [0.3, 0.4) is 0 Å². The normalized spacial score (nSPS) is 35.1. The monoisotopic (exact) mass is 534 g/mol. The molecule has 0 heterocycles. The predicted octanol–water partition coefficient (Wildman–Crippen LogP) is 5.56. The molecule has 0 saturated heterocycles. The summed E-state index contributed by atoms with van der Waals surface area (Å²) in [6, 6.07) is 8.10. The van der Waals surface area contributed by atoms with Crippen LogP contribution in [0.2, 0.25) is 0 Å². The Bertz CT molecular complexity index is 1180. The van der Waals surface area contributed by atoms with Crippen molar-refractivity contribution in [3.8, 4) is 0 Å². The number of amides is 1. The molecule has 5 rings (SSSR count). The van der Waals surface area contributed by atoms with Crippen molar-refractivity contribution < 1.29 is 24.0 Å². The molecular weight excluding hydrogens is 492 g/mol. The molecular formula is C32H42N2O5. The van der Waals surface area contributed by atoms with Crippen LogP contribution in [0.15, 0.2) is 47.1 Å². The van der Waals surface area contributed by atoms with Crippen molar-refractivity contribution in [1.29, 1.82) is 0 Å². The molecule has 3 saturated carbocycles. The van der Waals surface area contributed by atoms with Crippen molar-refractivity contribution in [1.82, 2.24) is 5.32 Å². The smallest absolute Gasteiger partial charge is 0.333 e. The van der Waals surface area contributed by atoms with Crippen molar-refractivity contribution in [3.63, 3.8) is 0 Å². The molecule has 1 amide bonds. The van der Waals surface area contributed by atoms with Gasteiger partial charge in [-0.05, 0) is 98.5 Å². The van der Waals surface area contributed by atoms with Crippen molar-refractivity contribution in [3.05, 3.63) is 47.5 Å². The standard InChI is InChI=1S/C32H42N2O5/c1-20(35)25-12-13-26-24-11-10-22-18-23(14-16-31(22,2)27(24)15-17-32(25,26)3)34-39-19-28(36)33-29(30(37)38-4)21-8-6-5-7-9-21/h5-9,18,24-27,29H,10-17,19H2,1-4H3,(H,33,36)/b34-23+/t24-,25+,26-,27-,29-,31-,32+/m0/s1. The Kier molecular flexibility index (Phi) is 7.71. The Morgan fingerprint density at radius 2 is 1.79 bits per heavy atom. The number of ketones is 1. The third-order valence-electron chi connectivity index (χ3n) is 10.7. The number of rotatable bonds is 7. The molecule has 3 fully saturated rings. The third kappa shape index (κ3) is 5.05. The molecule has 0 aliphatic heterocycles. The number of carbonyl (C=O) groups is 3. The van der Waals surface area contributed by atoms with Crippen LogP contribution in [-0.2, 0) is 24.0 Å². The van der Waals surface area contributed by atoms with E-state index in [9.17, 15) is 14.4 Å². The molecule has 0 bridgehead atoms. The summed E-state index contributed by atoms with van der Waals surface area (Å²) in [5.41, 5.74) is 3.32. The third-order valence-corrected chi connectivity index (χ3v) is 10.7. The maximum Gasteiger partial charge on any atom is 0.333 e. The Balaban J connectivity index is 1.22. The molecule has 4 aliphatic carbocycles. The quantitative estimate of drug-likeness (QED) is 0.365. The number of Topliss-reactive ketones (excluding diaryl/α,β-unsaturated/α-hetero) is 1. The lowest BCUT2D eigenvalue weighted by Crippen LogP contribution is -2.51. The van der Waals surface area contributed by atoms with Gasteiger partial charge in [0.25, 0.3) is 5.91 Å². The van der Waals surface area contributed by atoms with E-state index in [4.69, 9.17) is 9.57 Å². The summed E-state index contributed by atoms with van der Waals surface area (Å²) in [5, 5.41) is 7.00. The van der Waals surface area contributed by atoms with Gasteiger partial charge in [-0.3, -0.25) is 9.59 Å². The van der Waals surface area contributed by atoms with Gasteiger partial charge in [0.15, 0.2) is 12.6 Å². The number of hydrogen-bond donors (Lipinski definition) is 1. The van der Waals surface area contributed by atoms with E-state index in [2.05, 4.69) is 30.4 Å². The first-order chi connectivity index (χ1) is 18.7. The Morgan fingerprint density at radius 3 is 2.51 bits per heavy atom. The van der Waals surface area contributed by atoms with Crippen LogP contribution >= 0.6 is 0 Å². The van der Waals surface area contributed by atoms with Gasteiger partial charge in [0.05, 0.1) is 12.8 Å². The number of allylic oxidation sites excluding steroid dienone is 2. The summed E-state index contributed by atoms with van der Waals surface area (Å²) in [5.74, 6) is 1.66. The fraction of sp³-hybridized carbons (Fsp3) is 0.625. The molecule has 1 aromatic carbocycles. The minimum absolute atomic E-state index is 0.165. The average Bonchev–Trinajstić information content (AvgIpc) is 3.29. The highest BCUT2D eigenvalue weighted by Crippen LogP contribution is 2.66. The van der Waals surface area contributed by atoms with Crippen molar-refractivity contribution >= 4 is 23.4 Å². The van der Waals surface area contributed by atoms with Crippen LogP contribution in [0, 0.1) is 34.5 Å². The summed E-state index contributed by atoms with van der Waals surface area (Å²) >= 11 is 0. The Hall–Kier alpha value is -2.96. The first kappa shape index (κ1) is 27.6. The summed E-state index contributed by atoms with van der Waals surface area (Å²) in [6.07, 6.45) is 10.9. The first-order valence-electron chi connectivity index (χ1n) is 14.5. The van der Waals surface area contributed by atoms with E-state index in [1.165, 1.54) is 31.9 Å². The van der Waals surface area contributed by atoms with E-state index in [0.717, 1.165) is 37.8 Å². The van der Waals surface area contributed by atoms with Crippen LogP contribution in [0.4, 0.5) is 0 Å². The summed E-state index contributed by atoms with van der Waals surface area (Å²) < 4.78 is 4.86. The molecule has 4 aliphatic rings. The second kappa shape index (κ2) is 10.9. The van der Waals surface area contributed by atoms with E-state index in [0.29, 0.717) is 29.1 Å². The van der Waals surface area contributed by atoms with Crippen LogP contribution in [0.5, 0.6) is 0 Å². The lowest BCUT2D eigenvalue weighted by atomic mass is 9.46. The number of nitrogens with zero attached hydrogens (tertiary/aromatic N) is 1. The fourth-order valence-corrected chi connectivity index (χ4v) is 8.73. The van der Waals surface area contributed by atoms with Gasteiger partial charge in [-0.2, -0.15) is 0 Å². The molecule has 0 spiro atoms. The maximum absolute atomic E-state index is 12.6. The summed E-state index contributed by atoms with van der Waals surface area (Å²) in [6.45, 7) is 6.36. The number of methoxy groups -OCH3 is 1. The molecule has 210 valence electrons. The summed E-state index contributed by atoms with van der Waals surface area (Å²) in [7, 11) is 1.30. The predicted molar refractivity (Wildman–Crippen MR) is 149 cm³/mol. The van der Waals surface area contributed by atoms with Crippen LogP contribution in [-0.4, -0.2) is 37.1 Å². The lowest BCUT2D eigenvalue weighted by molar-refractivity contribution is -0.145. The van der Waals surface area contributed by atoms with Gasteiger partial charge in [0.1, 0.15) is 5.78 Å². The van der Waals surface area contributed by atoms with Gasteiger partial charge < -0.3 is 14.9 Å². The van der Waals surface area contributed by atoms with Gasteiger partial charge in [-0.25, -0.2) is 4.79 Å². The maximum atomic E-state index is 12.6. The first-order valence-corrected chi connectivity index (χ1v) is 14.5. The van der Waals surface area contributed by atoms with Gasteiger partial charge in [0, 0.05) is 5.92 Å². The highest BCUT2D eigenvalue weighted by Gasteiger charge is 2.59. The molecule has 0 aromatic heterocycles. The zero-order chi connectivity index (χ0) is 27.8. The second-order valence-electron chi connectivity index (χ2n) is 12.6. The minimum Gasteiger partial charge on any atom is -0.467 e. The largest absolute Gasteiger partial charge is 0.467 e. The second-order valence-corrected chi connectivity index (χ2v) is 12.6. The molecule has 7 heteroatoms. The van der Waals surface area contributed by atoms with Crippen LogP contribution < -0.4 is 5.32 Å². The Morgan fingerprint density at radius 1 is 1.03 bits per heavy atom. The Labute approximate surface area is 231 Å². The molecule has 7 atom stereocenters. The number of hydrogen-bond acceptors (Lipinski definition) is 6. The van der Waals surface area contributed by atoms with E-state index < -0.39 is 17.9 Å². The zero-order valence-electron chi connectivity index (χ0n) is 23.7. The topological polar surface area (TPSA) is 94.1 Å². The molecule has 0 radical (unpaired) electrons. The van der Waals surface area contributed by atoms with Crippen molar-refractivity contribution in [2.75, 3.05) is 13.7 Å². The highest BCUT2D eigenvalue weighted by atomic mass is 16.6. The summed E-state index contributed by atoms with van der Waals surface area (Å²) in [4.78, 5) is 42.6. The van der Waals surface area contributed by atoms with Crippen molar-refractivity contribution in [2.24, 2.45) is 39.7 Å². The average molecular weight is 535 g/mol. The van der Waals surface area contributed by atoms with Gasteiger partial charge in [0.2, 0.25) is 0 Å². The number of carbonyl (C=O) groups excluding carboxylic acids is 3. The number of esters is 1. The van der Waals surface area contributed by atoms with Crippen LogP contribution in [0.25, 0.3) is 0 Å². The van der Waals surface area contributed by atoms with E-state index in [1.54, 1.807) is 31.2 Å². The van der Waals surface area contributed by atoms with Crippen LogP contribution in [0.1, 0.15) is 83.7 Å². The van der Waals surface area contributed by atoms with Crippen molar-refractivity contribution in [2.45, 2.75) is 78.2 Å². The molecule has 1 aromatic rings. The van der Waals surface area contributed by atoms with E-state index >= 15 is 0 Å². The highest BCUT2D eigenvalue weighted by molar-refractivity contribution is 5.96. The lowest BCUT2D eigenvalue weighted by Gasteiger charge is -2.58. The zero-order valence-corrected chi connectivity index (χ0v) is 23.7. The number of ether oxygens (including phenoxy) is 1. The molecule has 39 heavy (non-hydrogen) atoms. The number of benzene rings is 1. The molecule has 1 N–H and O–H groups in total. The number of oxime groups is 1.